The highest BCUT2D eigenvalue weighted by Gasteiger charge is 2.34. The molecule has 1 heterocycles. The molecule has 0 saturated heterocycles. The number of rotatable bonds is 9. The molecule has 1 saturated carbocycles. The van der Waals surface area contributed by atoms with E-state index < -0.39 is 0 Å². The molecule has 1 aromatic heterocycles. The van der Waals surface area contributed by atoms with Gasteiger partial charge in [-0.1, -0.05) is 24.3 Å². The van der Waals surface area contributed by atoms with E-state index in [0.717, 1.165) is 18.4 Å². The van der Waals surface area contributed by atoms with Crippen molar-refractivity contribution in [2.75, 3.05) is 6.54 Å². The first-order valence-corrected chi connectivity index (χ1v) is 10.6. The normalized spacial score (nSPS) is 13.1. The molecule has 4 rings (SSSR count). The molecule has 1 aliphatic carbocycles. The molecule has 0 spiro atoms. The van der Waals surface area contributed by atoms with Gasteiger partial charge in [-0.15, -0.1) is 0 Å². The minimum absolute atomic E-state index is 0.0446. The second kappa shape index (κ2) is 9.77. The van der Waals surface area contributed by atoms with Crippen LogP contribution < -0.4 is 0 Å². The standard InChI is InChI=1S/C25H24F2N2O3/c26-20-7-3-18(4-8-20)14-24(30)29(22-11-12-22)17-25(31)28(16-23-2-1-13-32-23)15-19-5-9-21(27)10-6-19/h1-10,13,22H,11-12,14-17H2. The molecule has 0 unspecified atom stereocenters. The Morgan fingerprint density at radius 1 is 0.844 bits per heavy atom. The fourth-order valence-corrected chi connectivity index (χ4v) is 3.56. The van der Waals surface area contributed by atoms with Gasteiger partial charge in [-0.25, -0.2) is 8.78 Å². The summed E-state index contributed by atoms with van der Waals surface area (Å²) in [5, 5.41) is 0. The number of hydrogen-bond donors (Lipinski definition) is 0. The van der Waals surface area contributed by atoms with Gasteiger partial charge in [0.2, 0.25) is 11.8 Å². The molecule has 32 heavy (non-hydrogen) atoms. The predicted octanol–water partition coefficient (Wildman–Crippen LogP) is 4.32. The maximum absolute atomic E-state index is 13.3. The van der Waals surface area contributed by atoms with Crippen molar-refractivity contribution < 1.29 is 22.8 Å². The minimum Gasteiger partial charge on any atom is -0.467 e. The Balaban J connectivity index is 1.47. The van der Waals surface area contributed by atoms with Gasteiger partial charge in [0.15, 0.2) is 0 Å². The van der Waals surface area contributed by atoms with Crippen molar-refractivity contribution in [3.05, 3.63) is 95.4 Å². The molecule has 5 nitrogen and oxygen atoms in total. The molecular formula is C25H24F2N2O3. The second-order valence-electron chi connectivity index (χ2n) is 8.01. The number of nitrogens with zero attached hydrogens (tertiary/aromatic N) is 2. The first kappa shape index (κ1) is 21.7. The van der Waals surface area contributed by atoms with E-state index in [1.807, 2.05) is 0 Å². The molecule has 2 aromatic carbocycles. The van der Waals surface area contributed by atoms with Crippen LogP contribution >= 0.6 is 0 Å². The zero-order chi connectivity index (χ0) is 22.5. The predicted molar refractivity (Wildman–Crippen MR) is 114 cm³/mol. The largest absolute Gasteiger partial charge is 0.467 e. The minimum atomic E-state index is -0.357. The maximum Gasteiger partial charge on any atom is 0.242 e. The van der Waals surface area contributed by atoms with Crippen LogP contribution in [0.4, 0.5) is 8.78 Å². The van der Waals surface area contributed by atoms with Gasteiger partial charge in [0.05, 0.1) is 19.2 Å². The third kappa shape index (κ3) is 5.81. The number of hydrogen-bond acceptors (Lipinski definition) is 3. The lowest BCUT2D eigenvalue weighted by atomic mass is 10.1. The fraction of sp³-hybridized carbons (Fsp3) is 0.280. The van der Waals surface area contributed by atoms with Crippen LogP contribution in [-0.4, -0.2) is 34.2 Å². The zero-order valence-corrected chi connectivity index (χ0v) is 17.5. The molecule has 0 N–H and O–H groups in total. The van der Waals surface area contributed by atoms with E-state index in [-0.39, 0.29) is 55.5 Å². The van der Waals surface area contributed by atoms with Gasteiger partial charge in [0, 0.05) is 12.6 Å². The molecule has 1 fully saturated rings. The third-order valence-electron chi connectivity index (χ3n) is 5.45. The number of amides is 2. The lowest BCUT2D eigenvalue weighted by molar-refractivity contribution is -0.141. The summed E-state index contributed by atoms with van der Waals surface area (Å²) < 4.78 is 31.9. The highest BCUT2D eigenvalue weighted by atomic mass is 19.1. The second-order valence-corrected chi connectivity index (χ2v) is 8.01. The zero-order valence-electron chi connectivity index (χ0n) is 17.5. The summed E-state index contributed by atoms with van der Waals surface area (Å²) in [5.41, 5.74) is 1.48. The van der Waals surface area contributed by atoms with Crippen LogP contribution in [0.15, 0.2) is 71.3 Å². The quantitative estimate of drug-likeness (QED) is 0.500. The molecular weight excluding hydrogens is 414 g/mol. The molecule has 0 aliphatic heterocycles. The number of carbonyl (C=O) groups excluding carboxylic acids is 2. The summed E-state index contributed by atoms with van der Waals surface area (Å²) in [6.07, 6.45) is 3.37. The van der Waals surface area contributed by atoms with Crippen molar-refractivity contribution in [2.45, 2.75) is 38.4 Å². The lowest BCUT2D eigenvalue weighted by Gasteiger charge is -2.27. The van der Waals surface area contributed by atoms with Gasteiger partial charge in [-0.3, -0.25) is 9.59 Å². The Morgan fingerprint density at radius 2 is 1.47 bits per heavy atom. The van der Waals surface area contributed by atoms with Crippen LogP contribution in [0.25, 0.3) is 0 Å². The Morgan fingerprint density at radius 3 is 2.03 bits per heavy atom. The monoisotopic (exact) mass is 438 g/mol. The van der Waals surface area contributed by atoms with Gasteiger partial charge >= 0.3 is 0 Å². The smallest absolute Gasteiger partial charge is 0.242 e. The van der Waals surface area contributed by atoms with Crippen LogP contribution in [0.3, 0.4) is 0 Å². The van der Waals surface area contributed by atoms with E-state index in [9.17, 15) is 18.4 Å². The van der Waals surface area contributed by atoms with Gasteiger partial charge in [0.25, 0.3) is 0 Å². The van der Waals surface area contributed by atoms with Gasteiger partial charge in [-0.2, -0.15) is 0 Å². The van der Waals surface area contributed by atoms with E-state index in [4.69, 9.17) is 4.42 Å². The summed E-state index contributed by atoms with van der Waals surface area (Å²) in [6, 6.07) is 15.4. The Kier molecular flexibility index (Phi) is 6.63. The topological polar surface area (TPSA) is 53.8 Å². The molecule has 0 bridgehead atoms. The summed E-state index contributed by atoms with van der Waals surface area (Å²) in [6.45, 7) is 0.463. The van der Waals surface area contributed by atoms with Crippen LogP contribution in [0, 0.1) is 11.6 Å². The Bertz CT molecular complexity index is 1050. The summed E-state index contributed by atoms with van der Waals surface area (Å²) >= 11 is 0. The molecule has 1 aliphatic rings. The average Bonchev–Trinajstić information content (AvgIpc) is 3.49. The highest BCUT2D eigenvalue weighted by molar-refractivity contribution is 5.86. The number of benzene rings is 2. The van der Waals surface area contributed by atoms with E-state index in [1.165, 1.54) is 24.3 Å². The Labute approximate surface area is 185 Å². The van der Waals surface area contributed by atoms with E-state index >= 15 is 0 Å². The van der Waals surface area contributed by atoms with E-state index in [2.05, 4.69) is 0 Å². The summed E-state index contributed by atoms with van der Waals surface area (Å²) in [5.74, 6) is -0.456. The molecule has 3 aromatic rings. The van der Waals surface area contributed by atoms with E-state index in [0.29, 0.717) is 11.3 Å². The fourth-order valence-electron chi connectivity index (χ4n) is 3.56. The molecule has 7 heteroatoms. The van der Waals surface area contributed by atoms with Crippen LogP contribution in [0.5, 0.6) is 0 Å². The SMILES string of the molecule is O=C(CN(C(=O)Cc1ccc(F)cc1)C1CC1)N(Cc1ccc(F)cc1)Cc1ccco1. The van der Waals surface area contributed by atoms with E-state index in [1.54, 1.807) is 52.5 Å². The van der Waals surface area contributed by atoms with Crippen molar-refractivity contribution in [3.63, 3.8) is 0 Å². The van der Waals surface area contributed by atoms with Crippen molar-refractivity contribution in [1.29, 1.82) is 0 Å². The maximum atomic E-state index is 13.3. The van der Waals surface area contributed by atoms with Crippen molar-refractivity contribution in [1.82, 2.24) is 9.80 Å². The van der Waals surface area contributed by atoms with Crippen molar-refractivity contribution in [2.24, 2.45) is 0 Å². The number of carbonyl (C=O) groups is 2. The highest BCUT2D eigenvalue weighted by Crippen LogP contribution is 2.28. The van der Waals surface area contributed by atoms with Gasteiger partial charge in [-0.05, 0) is 60.4 Å². The van der Waals surface area contributed by atoms with Gasteiger partial charge in [0.1, 0.15) is 23.9 Å². The van der Waals surface area contributed by atoms with Crippen LogP contribution in [0.1, 0.15) is 29.7 Å². The van der Waals surface area contributed by atoms with Gasteiger partial charge < -0.3 is 14.2 Å². The summed E-state index contributed by atoms with van der Waals surface area (Å²) in [7, 11) is 0. The first-order valence-electron chi connectivity index (χ1n) is 10.6. The third-order valence-corrected chi connectivity index (χ3v) is 5.45. The van der Waals surface area contributed by atoms with Crippen LogP contribution in [-0.2, 0) is 29.1 Å². The van der Waals surface area contributed by atoms with Crippen LogP contribution in [0.2, 0.25) is 0 Å². The molecule has 0 radical (unpaired) electrons. The average molecular weight is 438 g/mol. The summed E-state index contributed by atoms with van der Waals surface area (Å²) in [4.78, 5) is 29.4. The molecule has 2 amide bonds. The Hall–Kier alpha value is -3.48. The number of halogens is 2. The first-order chi connectivity index (χ1) is 15.5. The van der Waals surface area contributed by atoms with Crippen molar-refractivity contribution >= 4 is 11.8 Å². The number of furan rings is 1. The molecule has 0 atom stereocenters. The molecule has 166 valence electrons. The van der Waals surface area contributed by atoms with Crippen molar-refractivity contribution in [3.8, 4) is 0 Å². The lowest BCUT2D eigenvalue weighted by Crippen LogP contribution is -2.44.